The van der Waals surface area contributed by atoms with Crippen molar-refractivity contribution in [3.05, 3.63) is 68.4 Å². The van der Waals surface area contributed by atoms with Gasteiger partial charge in [0, 0.05) is 24.3 Å². The predicted octanol–water partition coefficient (Wildman–Crippen LogP) is 4.91. The molecule has 0 N–H and O–H groups in total. The molecule has 0 aliphatic heterocycles. The molecule has 5 nitrogen and oxygen atoms in total. The molecule has 2 aromatic heterocycles. The number of benzene rings is 1. The largest absolute Gasteiger partial charge is 0.434 e. The minimum absolute atomic E-state index is 0.110. The fourth-order valence-electron chi connectivity index (χ4n) is 3.52. The summed E-state index contributed by atoms with van der Waals surface area (Å²) in [4.78, 5) is 30.3. The van der Waals surface area contributed by atoms with Gasteiger partial charge in [-0.2, -0.15) is 13.2 Å². The van der Waals surface area contributed by atoms with Gasteiger partial charge < -0.3 is 4.90 Å². The lowest BCUT2D eigenvalue weighted by Crippen LogP contribution is -2.33. The molecule has 0 bridgehead atoms. The van der Waals surface area contributed by atoms with Gasteiger partial charge in [-0.1, -0.05) is 6.07 Å². The van der Waals surface area contributed by atoms with Crippen molar-refractivity contribution >= 4 is 27.5 Å². The number of carbonyl (C=O) groups excluding carboxylic acids is 1. The molecule has 4 rings (SSSR count). The third kappa shape index (κ3) is 3.84. The molecule has 0 atom stereocenters. The summed E-state index contributed by atoms with van der Waals surface area (Å²) in [6.45, 7) is 2.27. The standard InChI is InChI=1S/C21H16BrF4N3O2/c1-2-28(12-6-7-12)19(30)14-8-5-11(10-15(14)23)13-4-3-9-29-18(13)27-17(21(24,25)26)16(22)20(29)31/h3-5,8-10,12H,2,6-7H2,1H3. The Bertz CT molecular complexity index is 1250. The first-order chi connectivity index (χ1) is 14.6. The van der Waals surface area contributed by atoms with Crippen LogP contribution in [0.25, 0.3) is 16.8 Å². The number of nitrogens with zero attached hydrogens (tertiary/aromatic N) is 3. The molecule has 0 unspecified atom stereocenters. The highest BCUT2D eigenvalue weighted by Crippen LogP contribution is 2.34. The zero-order valence-electron chi connectivity index (χ0n) is 16.2. The smallest absolute Gasteiger partial charge is 0.336 e. The average Bonchev–Trinajstić information content (AvgIpc) is 3.55. The molecule has 1 aliphatic rings. The normalized spacial score (nSPS) is 14.1. The highest BCUT2D eigenvalue weighted by molar-refractivity contribution is 9.10. The summed E-state index contributed by atoms with van der Waals surface area (Å²) in [5.74, 6) is -1.22. The van der Waals surface area contributed by atoms with E-state index in [0.717, 1.165) is 23.3 Å². The number of aromatic nitrogens is 2. The topological polar surface area (TPSA) is 54.7 Å². The Labute approximate surface area is 182 Å². The van der Waals surface area contributed by atoms with Crippen molar-refractivity contribution in [3.8, 4) is 11.1 Å². The van der Waals surface area contributed by atoms with Crippen LogP contribution in [0.2, 0.25) is 0 Å². The van der Waals surface area contributed by atoms with Crippen LogP contribution in [0.1, 0.15) is 35.8 Å². The molecule has 1 saturated carbocycles. The maximum absolute atomic E-state index is 14.9. The molecule has 1 amide bonds. The molecule has 162 valence electrons. The first-order valence-corrected chi connectivity index (χ1v) is 10.3. The Hall–Kier alpha value is -2.75. The molecule has 2 heterocycles. The fourth-order valence-corrected chi connectivity index (χ4v) is 4.02. The van der Waals surface area contributed by atoms with Crippen LogP contribution in [0.3, 0.4) is 0 Å². The van der Waals surface area contributed by atoms with E-state index in [4.69, 9.17) is 0 Å². The zero-order valence-corrected chi connectivity index (χ0v) is 17.8. The summed E-state index contributed by atoms with van der Waals surface area (Å²) >= 11 is 2.67. The molecular formula is C21H16BrF4N3O2. The third-order valence-electron chi connectivity index (χ3n) is 5.17. The number of pyridine rings is 1. The summed E-state index contributed by atoms with van der Waals surface area (Å²) in [6, 6.07) is 6.83. The minimum Gasteiger partial charge on any atom is -0.336 e. The van der Waals surface area contributed by atoms with E-state index in [2.05, 4.69) is 20.9 Å². The van der Waals surface area contributed by atoms with Crippen molar-refractivity contribution in [1.29, 1.82) is 0 Å². The van der Waals surface area contributed by atoms with Gasteiger partial charge in [-0.3, -0.25) is 14.0 Å². The van der Waals surface area contributed by atoms with Crippen molar-refractivity contribution in [2.75, 3.05) is 6.54 Å². The second kappa shape index (κ2) is 7.74. The van der Waals surface area contributed by atoms with Gasteiger partial charge in [-0.25, -0.2) is 9.37 Å². The molecule has 0 spiro atoms. The van der Waals surface area contributed by atoms with E-state index in [1.807, 2.05) is 6.92 Å². The van der Waals surface area contributed by atoms with E-state index in [-0.39, 0.29) is 28.4 Å². The number of fused-ring (bicyclic) bond motifs is 1. The Morgan fingerprint density at radius 2 is 2.00 bits per heavy atom. The number of alkyl halides is 3. The second-order valence-corrected chi connectivity index (χ2v) is 8.00. The van der Waals surface area contributed by atoms with Crippen molar-refractivity contribution in [3.63, 3.8) is 0 Å². The van der Waals surface area contributed by atoms with E-state index in [9.17, 15) is 27.2 Å². The van der Waals surface area contributed by atoms with Crippen LogP contribution >= 0.6 is 15.9 Å². The van der Waals surface area contributed by atoms with Gasteiger partial charge in [-0.15, -0.1) is 0 Å². The SMILES string of the molecule is CCN(C(=O)c1ccc(-c2cccn3c(=O)c(Br)c(C(F)(F)F)nc23)cc1F)C1CC1. The average molecular weight is 498 g/mol. The van der Waals surface area contributed by atoms with Crippen LogP contribution in [0.4, 0.5) is 17.6 Å². The van der Waals surface area contributed by atoms with Gasteiger partial charge in [0.1, 0.15) is 15.9 Å². The predicted molar refractivity (Wildman–Crippen MR) is 109 cm³/mol. The lowest BCUT2D eigenvalue weighted by Gasteiger charge is -2.21. The molecular weight excluding hydrogens is 482 g/mol. The quantitative estimate of drug-likeness (QED) is 0.481. The van der Waals surface area contributed by atoms with Crippen molar-refractivity contribution in [2.24, 2.45) is 0 Å². The molecule has 1 aliphatic carbocycles. The van der Waals surface area contributed by atoms with E-state index < -0.39 is 33.6 Å². The van der Waals surface area contributed by atoms with Crippen molar-refractivity contribution < 1.29 is 22.4 Å². The Morgan fingerprint density at radius 3 is 2.58 bits per heavy atom. The molecule has 1 fully saturated rings. The number of rotatable bonds is 4. The van der Waals surface area contributed by atoms with Gasteiger partial charge in [0.15, 0.2) is 5.69 Å². The highest BCUT2D eigenvalue weighted by atomic mass is 79.9. The Balaban J connectivity index is 1.84. The van der Waals surface area contributed by atoms with Crippen molar-refractivity contribution in [2.45, 2.75) is 32.0 Å². The number of hydrogen-bond acceptors (Lipinski definition) is 3. The van der Waals surface area contributed by atoms with Gasteiger partial charge in [0.05, 0.1) is 5.56 Å². The van der Waals surface area contributed by atoms with E-state index in [0.29, 0.717) is 6.54 Å². The third-order valence-corrected chi connectivity index (χ3v) is 5.88. The Morgan fingerprint density at radius 1 is 1.29 bits per heavy atom. The second-order valence-electron chi connectivity index (χ2n) is 7.21. The van der Waals surface area contributed by atoms with E-state index in [1.54, 1.807) is 4.90 Å². The van der Waals surface area contributed by atoms with E-state index in [1.165, 1.54) is 30.5 Å². The first kappa shape index (κ1) is 21.5. The lowest BCUT2D eigenvalue weighted by molar-refractivity contribution is -0.141. The van der Waals surface area contributed by atoms with Crippen molar-refractivity contribution in [1.82, 2.24) is 14.3 Å². The van der Waals surface area contributed by atoms with Gasteiger partial charge in [0.25, 0.3) is 11.5 Å². The summed E-state index contributed by atoms with van der Waals surface area (Å²) in [5, 5.41) is 0. The van der Waals surface area contributed by atoms with Gasteiger partial charge >= 0.3 is 6.18 Å². The van der Waals surface area contributed by atoms with Crippen LogP contribution in [-0.4, -0.2) is 32.8 Å². The lowest BCUT2D eigenvalue weighted by atomic mass is 10.0. The number of halogens is 5. The minimum atomic E-state index is -4.85. The van der Waals surface area contributed by atoms with Crippen LogP contribution in [0, 0.1) is 5.82 Å². The fraction of sp³-hybridized carbons (Fsp3) is 0.286. The summed E-state index contributed by atoms with van der Waals surface area (Å²) in [7, 11) is 0. The molecule has 0 radical (unpaired) electrons. The highest BCUT2D eigenvalue weighted by Gasteiger charge is 2.37. The van der Waals surface area contributed by atoms with Gasteiger partial charge in [-0.05, 0) is 65.5 Å². The molecule has 3 aromatic rings. The maximum Gasteiger partial charge on any atom is 0.434 e. The first-order valence-electron chi connectivity index (χ1n) is 9.52. The van der Waals surface area contributed by atoms with Crippen LogP contribution in [-0.2, 0) is 6.18 Å². The van der Waals surface area contributed by atoms with Gasteiger partial charge in [0.2, 0.25) is 0 Å². The Kier molecular flexibility index (Phi) is 5.36. The van der Waals surface area contributed by atoms with Crippen LogP contribution in [0.15, 0.2) is 45.8 Å². The van der Waals surface area contributed by atoms with Crippen LogP contribution in [0.5, 0.6) is 0 Å². The number of carbonyl (C=O) groups is 1. The monoisotopic (exact) mass is 497 g/mol. The molecule has 0 saturated heterocycles. The molecule has 1 aromatic carbocycles. The summed E-state index contributed by atoms with van der Waals surface area (Å²) in [5.41, 5.74) is -2.35. The maximum atomic E-state index is 14.9. The van der Waals surface area contributed by atoms with Crippen LogP contribution < -0.4 is 5.56 Å². The van der Waals surface area contributed by atoms with E-state index >= 15 is 0 Å². The number of amides is 1. The summed E-state index contributed by atoms with van der Waals surface area (Å²) < 4.78 is 55.1. The zero-order chi connectivity index (χ0) is 22.5. The molecule has 31 heavy (non-hydrogen) atoms. The number of hydrogen-bond donors (Lipinski definition) is 0. The summed E-state index contributed by atoms with van der Waals surface area (Å²) in [6.07, 6.45) is -1.81. The molecule has 10 heteroatoms.